The van der Waals surface area contributed by atoms with E-state index in [1.54, 1.807) is 0 Å². The van der Waals surface area contributed by atoms with Gasteiger partial charge in [0.1, 0.15) is 11.4 Å². The molecule has 0 saturated carbocycles. The van der Waals surface area contributed by atoms with Gasteiger partial charge >= 0.3 is 0 Å². The molecule has 1 fully saturated rings. The summed E-state index contributed by atoms with van der Waals surface area (Å²) in [5.41, 5.74) is 0.481. The molecule has 0 spiro atoms. The van der Waals surface area contributed by atoms with Crippen LogP contribution in [0.1, 0.15) is 38.3 Å². The van der Waals surface area contributed by atoms with Crippen LogP contribution in [0.25, 0.3) is 0 Å². The quantitative estimate of drug-likeness (QED) is 0.804. The van der Waals surface area contributed by atoms with Crippen LogP contribution < -0.4 is 10.1 Å². The van der Waals surface area contributed by atoms with Crippen LogP contribution in [-0.4, -0.2) is 37.1 Å². The van der Waals surface area contributed by atoms with Gasteiger partial charge in [-0.15, -0.1) is 0 Å². The Labute approximate surface area is 121 Å². The lowest BCUT2D eigenvalue weighted by Gasteiger charge is -2.24. The third-order valence-corrected chi connectivity index (χ3v) is 3.67. The molecule has 1 aliphatic heterocycles. The second kappa shape index (κ2) is 7.07. The van der Waals surface area contributed by atoms with Crippen LogP contribution in [-0.2, 0) is 4.74 Å². The van der Waals surface area contributed by atoms with E-state index >= 15 is 0 Å². The first kappa shape index (κ1) is 15.3. The highest BCUT2D eigenvalue weighted by Gasteiger charge is 2.32. The summed E-state index contributed by atoms with van der Waals surface area (Å²) in [7, 11) is 0. The number of benzene rings is 1. The molecule has 2 unspecified atom stereocenters. The Hall–Kier alpha value is -1.10. The van der Waals surface area contributed by atoms with E-state index in [1.165, 1.54) is 5.56 Å². The third kappa shape index (κ3) is 4.20. The largest absolute Gasteiger partial charge is 0.494 e. The first-order chi connectivity index (χ1) is 9.63. The van der Waals surface area contributed by atoms with Gasteiger partial charge in [-0.3, -0.25) is 0 Å². The van der Waals surface area contributed by atoms with Gasteiger partial charge in [0.05, 0.1) is 13.2 Å². The van der Waals surface area contributed by atoms with Crippen molar-refractivity contribution in [1.82, 2.24) is 5.32 Å². The SMILES string of the molecule is CCCOc1ccc(C(C)NCC2(O)CCOC2)cc1. The van der Waals surface area contributed by atoms with Crippen LogP contribution in [0.5, 0.6) is 5.75 Å². The number of hydrogen-bond acceptors (Lipinski definition) is 4. The van der Waals surface area contributed by atoms with Crippen LogP contribution in [0.4, 0.5) is 0 Å². The Morgan fingerprint density at radius 3 is 2.75 bits per heavy atom. The molecular weight excluding hydrogens is 254 g/mol. The van der Waals surface area contributed by atoms with Crippen molar-refractivity contribution in [1.29, 1.82) is 0 Å². The minimum Gasteiger partial charge on any atom is -0.494 e. The smallest absolute Gasteiger partial charge is 0.119 e. The first-order valence-corrected chi connectivity index (χ1v) is 7.39. The number of ether oxygens (including phenoxy) is 2. The molecule has 112 valence electrons. The molecule has 4 nitrogen and oxygen atoms in total. The maximum absolute atomic E-state index is 10.2. The van der Waals surface area contributed by atoms with Gasteiger partial charge in [0, 0.05) is 25.6 Å². The molecule has 0 amide bonds. The molecule has 1 aliphatic rings. The molecule has 0 radical (unpaired) electrons. The third-order valence-electron chi connectivity index (χ3n) is 3.67. The zero-order chi connectivity index (χ0) is 14.4. The van der Waals surface area contributed by atoms with Gasteiger partial charge in [0.2, 0.25) is 0 Å². The van der Waals surface area contributed by atoms with Gasteiger partial charge in [-0.25, -0.2) is 0 Å². The summed E-state index contributed by atoms with van der Waals surface area (Å²) in [6.45, 7) is 6.58. The molecule has 1 heterocycles. The fraction of sp³-hybridized carbons (Fsp3) is 0.625. The second-order valence-corrected chi connectivity index (χ2v) is 5.55. The maximum atomic E-state index is 10.2. The number of nitrogens with one attached hydrogen (secondary N) is 1. The standard InChI is InChI=1S/C16H25NO3/c1-3-9-20-15-6-4-14(5-7-15)13(2)17-11-16(18)8-10-19-12-16/h4-7,13,17-18H,3,8-12H2,1-2H3. The normalized spacial score (nSPS) is 23.8. The van der Waals surface area contributed by atoms with Crippen molar-refractivity contribution >= 4 is 0 Å². The molecule has 4 heteroatoms. The monoisotopic (exact) mass is 279 g/mol. The Bertz CT molecular complexity index is 399. The summed E-state index contributed by atoms with van der Waals surface area (Å²) in [4.78, 5) is 0. The molecule has 1 aromatic rings. The fourth-order valence-corrected chi connectivity index (χ4v) is 2.27. The van der Waals surface area contributed by atoms with E-state index in [-0.39, 0.29) is 6.04 Å². The lowest BCUT2D eigenvalue weighted by atomic mass is 10.0. The van der Waals surface area contributed by atoms with Crippen LogP contribution >= 0.6 is 0 Å². The minimum absolute atomic E-state index is 0.194. The van der Waals surface area contributed by atoms with Crippen molar-refractivity contribution in [3.63, 3.8) is 0 Å². The Morgan fingerprint density at radius 2 is 2.15 bits per heavy atom. The van der Waals surface area contributed by atoms with Gasteiger partial charge in [0.25, 0.3) is 0 Å². The zero-order valence-corrected chi connectivity index (χ0v) is 12.4. The van der Waals surface area contributed by atoms with Crippen molar-refractivity contribution in [2.75, 3.05) is 26.4 Å². The van der Waals surface area contributed by atoms with Crippen molar-refractivity contribution in [2.24, 2.45) is 0 Å². The van der Waals surface area contributed by atoms with Crippen LogP contribution in [0.15, 0.2) is 24.3 Å². The summed E-state index contributed by atoms with van der Waals surface area (Å²) in [6.07, 6.45) is 1.72. The van der Waals surface area contributed by atoms with Gasteiger partial charge in [0.15, 0.2) is 0 Å². The van der Waals surface area contributed by atoms with E-state index < -0.39 is 5.60 Å². The summed E-state index contributed by atoms with van der Waals surface area (Å²) < 4.78 is 10.8. The number of hydrogen-bond donors (Lipinski definition) is 2. The van der Waals surface area contributed by atoms with Crippen LogP contribution in [0, 0.1) is 0 Å². The highest BCUT2D eigenvalue weighted by molar-refractivity contribution is 5.29. The van der Waals surface area contributed by atoms with Crippen LogP contribution in [0.3, 0.4) is 0 Å². The van der Waals surface area contributed by atoms with Gasteiger partial charge < -0.3 is 19.9 Å². The van der Waals surface area contributed by atoms with Gasteiger partial charge in [-0.05, 0) is 31.0 Å². The molecular formula is C16H25NO3. The summed E-state index contributed by atoms with van der Waals surface area (Å²) in [5, 5.41) is 13.6. The molecule has 0 aliphatic carbocycles. The summed E-state index contributed by atoms with van der Waals surface area (Å²) in [6, 6.07) is 8.32. The molecule has 1 aromatic carbocycles. The Balaban J connectivity index is 1.84. The van der Waals surface area contributed by atoms with E-state index in [0.717, 1.165) is 18.8 Å². The first-order valence-electron chi connectivity index (χ1n) is 7.39. The van der Waals surface area contributed by atoms with E-state index in [0.29, 0.717) is 26.2 Å². The highest BCUT2D eigenvalue weighted by Crippen LogP contribution is 2.21. The Morgan fingerprint density at radius 1 is 1.40 bits per heavy atom. The van der Waals surface area contributed by atoms with E-state index in [4.69, 9.17) is 9.47 Å². The van der Waals surface area contributed by atoms with Crippen LogP contribution in [0.2, 0.25) is 0 Å². The molecule has 0 bridgehead atoms. The van der Waals surface area contributed by atoms with Crippen molar-refractivity contribution in [2.45, 2.75) is 38.3 Å². The summed E-state index contributed by atoms with van der Waals surface area (Å²) >= 11 is 0. The van der Waals surface area contributed by atoms with Crippen molar-refractivity contribution in [3.05, 3.63) is 29.8 Å². The summed E-state index contributed by atoms with van der Waals surface area (Å²) in [5.74, 6) is 0.908. The lowest BCUT2D eigenvalue weighted by Crippen LogP contribution is -2.41. The van der Waals surface area contributed by atoms with Gasteiger partial charge in [-0.1, -0.05) is 19.1 Å². The molecule has 1 saturated heterocycles. The molecule has 2 N–H and O–H groups in total. The topological polar surface area (TPSA) is 50.7 Å². The molecule has 2 rings (SSSR count). The van der Waals surface area contributed by atoms with Gasteiger partial charge in [-0.2, -0.15) is 0 Å². The van der Waals surface area contributed by atoms with Crippen molar-refractivity contribution < 1.29 is 14.6 Å². The van der Waals surface area contributed by atoms with Crippen molar-refractivity contribution in [3.8, 4) is 5.75 Å². The highest BCUT2D eigenvalue weighted by atomic mass is 16.5. The Kier molecular flexibility index (Phi) is 5.40. The molecule has 0 aromatic heterocycles. The molecule has 20 heavy (non-hydrogen) atoms. The number of aliphatic hydroxyl groups is 1. The zero-order valence-electron chi connectivity index (χ0n) is 12.4. The van der Waals surface area contributed by atoms with E-state index in [1.807, 2.05) is 12.1 Å². The van der Waals surface area contributed by atoms with E-state index in [2.05, 4.69) is 31.3 Å². The predicted molar refractivity (Wildman–Crippen MR) is 79.0 cm³/mol. The molecule has 2 atom stereocenters. The fourth-order valence-electron chi connectivity index (χ4n) is 2.27. The lowest BCUT2D eigenvalue weighted by molar-refractivity contribution is 0.0252. The average molecular weight is 279 g/mol. The van der Waals surface area contributed by atoms with E-state index in [9.17, 15) is 5.11 Å². The predicted octanol–water partition coefficient (Wildman–Crippen LogP) is 2.28. The number of rotatable bonds is 7. The maximum Gasteiger partial charge on any atom is 0.119 e. The minimum atomic E-state index is -0.710. The second-order valence-electron chi connectivity index (χ2n) is 5.55. The average Bonchev–Trinajstić information content (AvgIpc) is 2.90.